The van der Waals surface area contributed by atoms with Crippen LogP contribution in [0.3, 0.4) is 0 Å². The summed E-state index contributed by atoms with van der Waals surface area (Å²) in [5.41, 5.74) is 0.916. The molecule has 1 aromatic rings. The van der Waals surface area contributed by atoms with Crippen molar-refractivity contribution in [1.82, 2.24) is 10.6 Å². The zero-order valence-corrected chi connectivity index (χ0v) is 13.1. The maximum atomic E-state index is 12.0. The van der Waals surface area contributed by atoms with E-state index in [0.29, 0.717) is 19.8 Å². The zero-order chi connectivity index (χ0) is 15.8. The van der Waals surface area contributed by atoms with Crippen LogP contribution in [0.5, 0.6) is 5.75 Å². The van der Waals surface area contributed by atoms with Gasteiger partial charge in [0.1, 0.15) is 11.9 Å². The number of amides is 2. The van der Waals surface area contributed by atoms with Gasteiger partial charge in [-0.1, -0.05) is 18.2 Å². The highest BCUT2D eigenvalue weighted by molar-refractivity contribution is 5.74. The molecule has 2 N–H and O–H groups in total. The van der Waals surface area contributed by atoms with Crippen molar-refractivity contribution in [3.8, 4) is 5.75 Å². The van der Waals surface area contributed by atoms with Gasteiger partial charge in [0.25, 0.3) is 0 Å². The minimum Gasteiger partial charge on any atom is -0.496 e. The van der Waals surface area contributed by atoms with Crippen molar-refractivity contribution in [3.05, 3.63) is 29.8 Å². The summed E-state index contributed by atoms with van der Waals surface area (Å²) in [6.45, 7) is 1.78. The van der Waals surface area contributed by atoms with Gasteiger partial charge in [-0.25, -0.2) is 4.79 Å². The van der Waals surface area contributed by atoms with Crippen LogP contribution < -0.4 is 15.4 Å². The summed E-state index contributed by atoms with van der Waals surface area (Å²) >= 11 is 0. The van der Waals surface area contributed by atoms with Crippen LogP contribution in [-0.2, 0) is 9.47 Å². The summed E-state index contributed by atoms with van der Waals surface area (Å²) in [4.78, 5) is 12.0. The SMILES string of the molecule is COc1ccccc1[C@@H](CNC(=O)NC1CCOCC1)OC. The van der Waals surface area contributed by atoms with E-state index in [0.717, 1.165) is 24.2 Å². The molecule has 1 atom stereocenters. The molecule has 1 aromatic carbocycles. The fraction of sp³-hybridized carbons (Fsp3) is 0.562. The van der Waals surface area contributed by atoms with Gasteiger partial charge < -0.3 is 24.8 Å². The number of methoxy groups -OCH3 is 2. The third-order valence-electron chi connectivity index (χ3n) is 3.77. The maximum Gasteiger partial charge on any atom is 0.315 e. The number of para-hydroxylation sites is 1. The molecule has 0 aliphatic carbocycles. The van der Waals surface area contributed by atoms with Crippen LogP contribution in [0.15, 0.2) is 24.3 Å². The standard InChI is InChI=1S/C16H24N2O4/c1-20-14-6-4-3-5-13(14)15(21-2)11-17-16(19)18-12-7-9-22-10-8-12/h3-6,12,15H,7-11H2,1-2H3,(H2,17,18,19)/t15-/m1/s1. The number of nitrogens with one attached hydrogen (secondary N) is 2. The number of benzene rings is 1. The summed E-state index contributed by atoms with van der Waals surface area (Å²) in [7, 11) is 3.24. The maximum absolute atomic E-state index is 12.0. The fourth-order valence-electron chi connectivity index (χ4n) is 2.52. The van der Waals surface area contributed by atoms with Crippen LogP contribution in [0, 0.1) is 0 Å². The molecule has 0 saturated carbocycles. The molecular formula is C16H24N2O4. The first-order chi connectivity index (χ1) is 10.7. The van der Waals surface area contributed by atoms with Gasteiger partial charge in [-0.3, -0.25) is 0 Å². The number of hydrogen-bond donors (Lipinski definition) is 2. The lowest BCUT2D eigenvalue weighted by atomic mass is 10.1. The Morgan fingerprint density at radius 1 is 1.32 bits per heavy atom. The first-order valence-corrected chi connectivity index (χ1v) is 7.52. The van der Waals surface area contributed by atoms with Crippen molar-refractivity contribution in [2.24, 2.45) is 0 Å². The highest BCUT2D eigenvalue weighted by Gasteiger charge is 2.19. The topological polar surface area (TPSA) is 68.8 Å². The van der Waals surface area contributed by atoms with E-state index in [2.05, 4.69) is 10.6 Å². The molecule has 0 spiro atoms. The molecule has 122 valence electrons. The second-order valence-corrected chi connectivity index (χ2v) is 5.21. The third-order valence-corrected chi connectivity index (χ3v) is 3.77. The zero-order valence-electron chi connectivity index (χ0n) is 13.1. The van der Waals surface area contributed by atoms with E-state index >= 15 is 0 Å². The third kappa shape index (κ3) is 4.61. The molecular weight excluding hydrogens is 284 g/mol. The van der Waals surface area contributed by atoms with Crippen LogP contribution in [0.2, 0.25) is 0 Å². The lowest BCUT2D eigenvalue weighted by molar-refractivity contribution is 0.0789. The molecule has 1 heterocycles. The smallest absolute Gasteiger partial charge is 0.315 e. The number of rotatable bonds is 6. The van der Waals surface area contributed by atoms with E-state index in [1.165, 1.54) is 0 Å². The second kappa shape index (κ2) is 8.60. The molecule has 1 fully saturated rings. The number of carbonyl (C=O) groups excluding carboxylic acids is 1. The number of ether oxygens (including phenoxy) is 3. The van der Waals surface area contributed by atoms with Gasteiger partial charge in [0.2, 0.25) is 0 Å². The van der Waals surface area contributed by atoms with E-state index in [1.54, 1.807) is 14.2 Å². The minimum absolute atomic E-state index is 0.177. The van der Waals surface area contributed by atoms with Gasteiger partial charge in [0, 0.05) is 38.5 Å². The van der Waals surface area contributed by atoms with E-state index in [1.807, 2.05) is 24.3 Å². The summed E-state index contributed by atoms with van der Waals surface area (Å²) in [6, 6.07) is 7.64. The predicted molar refractivity (Wildman–Crippen MR) is 83.1 cm³/mol. The molecule has 2 amide bonds. The first-order valence-electron chi connectivity index (χ1n) is 7.52. The number of hydrogen-bond acceptors (Lipinski definition) is 4. The highest BCUT2D eigenvalue weighted by atomic mass is 16.5. The molecule has 1 aliphatic heterocycles. The number of urea groups is 1. The quantitative estimate of drug-likeness (QED) is 0.841. The molecule has 0 bridgehead atoms. The Bertz CT molecular complexity index is 475. The Hall–Kier alpha value is -1.79. The summed E-state index contributed by atoms with van der Waals surface area (Å²) in [5, 5.41) is 5.82. The normalized spacial score (nSPS) is 16.8. The summed E-state index contributed by atoms with van der Waals surface area (Å²) in [5.74, 6) is 0.751. The molecule has 6 nitrogen and oxygen atoms in total. The van der Waals surface area contributed by atoms with Crippen molar-refractivity contribution in [3.63, 3.8) is 0 Å². The lowest BCUT2D eigenvalue weighted by Crippen LogP contribution is -2.45. The van der Waals surface area contributed by atoms with Gasteiger partial charge in [-0.2, -0.15) is 0 Å². The van der Waals surface area contributed by atoms with Crippen molar-refractivity contribution >= 4 is 6.03 Å². The van der Waals surface area contributed by atoms with Crippen molar-refractivity contribution in [2.75, 3.05) is 34.0 Å². The van der Waals surface area contributed by atoms with Crippen LogP contribution in [-0.4, -0.2) is 46.1 Å². The largest absolute Gasteiger partial charge is 0.496 e. The second-order valence-electron chi connectivity index (χ2n) is 5.21. The molecule has 0 aromatic heterocycles. The Kier molecular flexibility index (Phi) is 6.48. The predicted octanol–water partition coefficient (Wildman–Crippen LogP) is 1.86. The van der Waals surface area contributed by atoms with E-state index in [-0.39, 0.29) is 18.2 Å². The van der Waals surface area contributed by atoms with E-state index in [4.69, 9.17) is 14.2 Å². The van der Waals surface area contributed by atoms with Gasteiger partial charge in [-0.15, -0.1) is 0 Å². The average molecular weight is 308 g/mol. The van der Waals surface area contributed by atoms with Crippen molar-refractivity contribution < 1.29 is 19.0 Å². The molecule has 1 saturated heterocycles. The Morgan fingerprint density at radius 2 is 2.05 bits per heavy atom. The van der Waals surface area contributed by atoms with Gasteiger partial charge >= 0.3 is 6.03 Å². The van der Waals surface area contributed by atoms with E-state index in [9.17, 15) is 4.79 Å². The molecule has 6 heteroatoms. The minimum atomic E-state index is -0.253. The van der Waals surface area contributed by atoms with Gasteiger partial charge in [-0.05, 0) is 18.9 Å². The molecule has 0 unspecified atom stereocenters. The van der Waals surface area contributed by atoms with Gasteiger partial charge in [0.15, 0.2) is 0 Å². The fourth-order valence-corrected chi connectivity index (χ4v) is 2.52. The van der Waals surface area contributed by atoms with Crippen LogP contribution in [0.25, 0.3) is 0 Å². The molecule has 1 aliphatic rings. The van der Waals surface area contributed by atoms with E-state index < -0.39 is 0 Å². The summed E-state index contributed by atoms with van der Waals surface area (Å²) < 4.78 is 16.1. The Morgan fingerprint density at radius 3 is 2.73 bits per heavy atom. The average Bonchev–Trinajstić information content (AvgIpc) is 2.56. The van der Waals surface area contributed by atoms with Crippen LogP contribution in [0.4, 0.5) is 4.79 Å². The number of carbonyl (C=O) groups is 1. The van der Waals surface area contributed by atoms with Crippen molar-refractivity contribution in [2.45, 2.75) is 25.0 Å². The van der Waals surface area contributed by atoms with Crippen LogP contribution >= 0.6 is 0 Å². The first kappa shape index (κ1) is 16.6. The molecule has 22 heavy (non-hydrogen) atoms. The van der Waals surface area contributed by atoms with Crippen LogP contribution in [0.1, 0.15) is 24.5 Å². The molecule has 0 radical (unpaired) electrons. The monoisotopic (exact) mass is 308 g/mol. The van der Waals surface area contributed by atoms with Crippen molar-refractivity contribution in [1.29, 1.82) is 0 Å². The Balaban J connectivity index is 1.86. The Labute approximate surface area is 131 Å². The van der Waals surface area contributed by atoms with Gasteiger partial charge in [0.05, 0.1) is 7.11 Å². The summed E-state index contributed by atoms with van der Waals surface area (Å²) in [6.07, 6.45) is 1.46. The lowest BCUT2D eigenvalue weighted by Gasteiger charge is -2.24. The highest BCUT2D eigenvalue weighted by Crippen LogP contribution is 2.26. The molecule has 2 rings (SSSR count).